The van der Waals surface area contributed by atoms with Gasteiger partial charge in [-0.05, 0) is 44.9 Å². The molecule has 0 unspecified atom stereocenters. The van der Waals surface area contributed by atoms with Crippen LogP contribution in [0.4, 0.5) is 4.79 Å². The monoisotopic (exact) mass is 325 g/mol. The lowest BCUT2D eigenvalue weighted by Crippen LogP contribution is -2.44. The first kappa shape index (κ1) is 19.3. The van der Waals surface area contributed by atoms with Crippen LogP contribution in [0.3, 0.4) is 0 Å². The fourth-order valence-corrected chi connectivity index (χ4v) is 1.78. The lowest BCUT2D eigenvalue weighted by atomic mass is 10.1. The molecule has 1 aromatic carbocycles. The molecule has 0 spiro atoms. The second-order valence-corrected chi connectivity index (χ2v) is 6.22. The van der Waals surface area contributed by atoms with Gasteiger partial charge in [0, 0.05) is 7.11 Å². The molecule has 1 aromatic rings. The maximum absolute atomic E-state index is 11.7. The van der Waals surface area contributed by atoms with Gasteiger partial charge in [0.05, 0.1) is 19.3 Å². The first-order chi connectivity index (χ1) is 10.8. The van der Waals surface area contributed by atoms with Crippen LogP contribution in [-0.2, 0) is 15.9 Å². The predicted octanol–water partition coefficient (Wildman–Crippen LogP) is 2.14. The van der Waals surface area contributed by atoms with Crippen molar-refractivity contribution in [3.8, 4) is 5.75 Å². The predicted molar refractivity (Wildman–Crippen MR) is 87.8 cm³/mol. The first-order valence-electron chi connectivity index (χ1n) is 7.65. The Bertz CT molecular complexity index is 467. The molecule has 2 N–H and O–H groups in total. The van der Waals surface area contributed by atoms with Crippen molar-refractivity contribution in [2.24, 2.45) is 0 Å². The quantitative estimate of drug-likeness (QED) is 0.766. The Morgan fingerprint density at radius 2 is 1.91 bits per heavy atom. The molecule has 0 heterocycles. The number of ether oxygens (including phenoxy) is 3. The third-order valence-electron chi connectivity index (χ3n) is 2.91. The van der Waals surface area contributed by atoms with Gasteiger partial charge in [0.15, 0.2) is 0 Å². The zero-order chi connectivity index (χ0) is 17.3. The molecule has 0 aliphatic heterocycles. The van der Waals surface area contributed by atoms with E-state index in [9.17, 15) is 9.90 Å². The summed E-state index contributed by atoms with van der Waals surface area (Å²) in [5.74, 6) is 0.676. The van der Waals surface area contributed by atoms with Gasteiger partial charge < -0.3 is 24.6 Å². The van der Waals surface area contributed by atoms with Crippen LogP contribution < -0.4 is 10.1 Å². The summed E-state index contributed by atoms with van der Waals surface area (Å²) in [5, 5.41) is 11.9. The number of nitrogens with one attached hydrogen (secondary N) is 1. The summed E-state index contributed by atoms with van der Waals surface area (Å²) in [5.41, 5.74) is 0.577. The number of carbonyl (C=O) groups is 1. The SMILES string of the molecule is COCCc1ccc(OC[C@H](CO)NC(=O)OC(C)(C)C)cc1. The maximum Gasteiger partial charge on any atom is 0.408 e. The lowest BCUT2D eigenvalue weighted by molar-refractivity contribution is 0.0458. The van der Waals surface area contributed by atoms with Crippen molar-refractivity contribution >= 4 is 6.09 Å². The Labute approximate surface area is 137 Å². The molecule has 0 bridgehead atoms. The van der Waals surface area contributed by atoms with E-state index >= 15 is 0 Å². The van der Waals surface area contributed by atoms with Gasteiger partial charge >= 0.3 is 6.09 Å². The van der Waals surface area contributed by atoms with E-state index in [1.807, 2.05) is 24.3 Å². The van der Waals surface area contributed by atoms with E-state index in [2.05, 4.69) is 5.32 Å². The minimum atomic E-state index is -0.580. The molecule has 6 nitrogen and oxygen atoms in total. The van der Waals surface area contributed by atoms with E-state index < -0.39 is 17.7 Å². The molecule has 1 rings (SSSR count). The second-order valence-electron chi connectivity index (χ2n) is 6.22. The van der Waals surface area contributed by atoms with Gasteiger partial charge in [-0.15, -0.1) is 0 Å². The van der Waals surface area contributed by atoms with Crippen molar-refractivity contribution in [3.63, 3.8) is 0 Å². The number of aliphatic hydroxyl groups is 1. The molecule has 6 heteroatoms. The number of carbonyl (C=O) groups excluding carboxylic acids is 1. The standard InChI is InChI=1S/C17H27NO5/c1-17(2,3)23-16(20)18-14(11-19)12-22-15-7-5-13(6-8-15)9-10-21-4/h5-8,14,19H,9-12H2,1-4H3,(H,18,20)/t14-/m0/s1. The third-order valence-corrected chi connectivity index (χ3v) is 2.91. The zero-order valence-electron chi connectivity index (χ0n) is 14.3. The minimum absolute atomic E-state index is 0.160. The van der Waals surface area contributed by atoms with Gasteiger partial charge in [0.25, 0.3) is 0 Å². The Balaban J connectivity index is 2.43. The first-order valence-corrected chi connectivity index (χ1v) is 7.65. The summed E-state index contributed by atoms with van der Waals surface area (Å²) in [4.78, 5) is 11.7. The van der Waals surface area contributed by atoms with E-state index in [1.165, 1.54) is 0 Å². The van der Waals surface area contributed by atoms with Crippen LogP contribution >= 0.6 is 0 Å². The molecule has 1 atom stereocenters. The van der Waals surface area contributed by atoms with E-state index in [0.717, 1.165) is 12.0 Å². The van der Waals surface area contributed by atoms with Crippen molar-refractivity contribution in [2.45, 2.75) is 38.8 Å². The van der Waals surface area contributed by atoms with Crippen molar-refractivity contribution in [1.29, 1.82) is 0 Å². The molecular weight excluding hydrogens is 298 g/mol. The summed E-state index contributed by atoms with van der Waals surface area (Å²) in [7, 11) is 1.67. The van der Waals surface area contributed by atoms with Gasteiger partial charge in [-0.3, -0.25) is 0 Å². The zero-order valence-corrected chi connectivity index (χ0v) is 14.3. The fourth-order valence-electron chi connectivity index (χ4n) is 1.78. The second kappa shape index (κ2) is 9.37. The number of rotatable bonds is 8. The molecule has 0 radical (unpaired) electrons. The molecule has 0 saturated carbocycles. The Kier molecular flexibility index (Phi) is 7.85. The van der Waals surface area contributed by atoms with Gasteiger partial charge in [0.1, 0.15) is 18.0 Å². The average molecular weight is 325 g/mol. The summed E-state index contributed by atoms with van der Waals surface area (Å²) >= 11 is 0. The highest BCUT2D eigenvalue weighted by Gasteiger charge is 2.19. The molecule has 0 aliphatic carbocycles. The third kappa shape index (κ3) is 8.42. The van der Waals surface area contributed by atoms with Crippen LogP contribution in [0.1, 0.15) is 26.3 Å². The topological polar surface area (TPSA) is 77.0 Å². The normalized spacial score (nSPS) is 12.6. The Morgan fingerprint density at radius 3 is 2.43 bits per heavy atom. The maximum atomic E-state index is 11.7. The number of hydrogen-bond acceptors (Lipinski definition) is 5. The highest BCUT2D eigenvalue weighted by molar-refractivity contribution is 5.68. The summed E-state index contributed by atoms with van der Waals surface area (Å²) in [6.07, 6.45) is 0.269. The molecule has 23 heavy (non-hydrogen) atoms. The van der Waals surface area contributed by atoms with Crippen LogP contribution in [0, 0.1) is 0 Å². The molecule has 130 valence electrons. The Morgan fingerprint density at radius 1 is 1.26 bits per heavy atom. The van der Waals surface area contributed by atoms with Gasteiger partial charge in [-0.1, -0.05) is 12.1 Å². The van der Waals surface area contributed by atoms with Gasteiger partial charge in [-0.2, -0.15) is 0 Å². The largest absolute Gasteiger partial charge is 0.491 e. The lowest BCUT2D eigenvalue weighted by Gasteiger charge is -2.22. The summed E-state index contributed by atoms with van der Waals surface area (Å²) < 4.78 is 15.8. The minimum Gasteiger partial charge on any atom is -0.491 e. The molecule has 0 aliphatic rings. The van der Waals surface area contributed by atoms with E-state index in [-0.39, 0.29) is 13.2 Å². The smallest absolute Gasteiger partial charge is 0.408 e. The number of benzene rings is 1. The highest BCUT2D eigenvalue weighted by atomic mass is 16.6. The van der Waals surface area contributed by atoms with Gasteiger partial charge in [-0.25, -0.2) is 4.79 Å². The highest BCUT2D eigenvalue weighted by Crippen LogP contribution is 2.13. The van der Waals surface area contributed by atoms with Crippen molar-refractivity contribution < 1.29 is 24.1 Å². The number of alkyl carbamates (subject to hydrolysis) is 1. The van der Waals surface area contributed by atoms with Crippen molar-refractivity contribution in [2.75, 3.05) is 26.9 Å². The van der Waals surface area contributed by atoms with Gasteiger partial charge in [0.2, 0.25) is 0 Å². The molecule has 0 saturated heterocycles. The molecule has 0 aromatic heterocycles. The Hall–Kier alpha value is -1.79. The summed E-state index contributed by atoms with van der Waals surface area (Å²) in [6.45, 7) is 5.94. The molecule has 1 amide bonds. The summed E-state index contributed by atoms with van der Waals surface area (Å²) in [6, 6.07) is 7.10. The van der Waals surface area contributed by atoms with E-state index in [0.29, 0.717) is 12.4 Å². The molecular formula is C17H27NO5. The fraction of sp³-hybridized carbons (Fsp3) is 0.588. The number of aliphatic hydroxyl groups excluding tert-OH is 1. The average Bonchev–Trinajstić information content (AvgIpc) is 2.48. The van der Waals surface area contributed by atoms with Crippen molar-refractivity contribution in [3.05, 3.63) is 29.8 Å². The van der Waals surface area contributed by atoms with Crippen LogP contribution in [0.2, 0.25) is 0 Å². The number of hydrogen-bond donors (Lipinski definition) is 2. The van der Waals surface area contributed by atoms with E-state index in [4.69, 9.17) is 14.2 Å². The molecule has 0 fully saturated rings. The van der Waals surface area contributed by atoms with Crippen LogP contribution in [-0.4, -0.2) is 49.8 Å². The van der Waals surface area contributed by atoms with Crippen molar-refractivity contribution in [1.82, 2.24) is 5.32 Å². The van der Waals surface area contributed by atoms with Crippen LogP contribution in [0.15, 0.2) is 24.3 Å². The number of amides is 1. The van der Waals surface area contributed by atoms with Crippen LogP contribution in [0.5, 0.6) is 5.75 Å². The van der Waals surface area contributed by atoms with Crippen LogP contribution in [0.25, 0.3) is 0 Å². The number of methoxy groups -OCH3 is 1. The van der Waals surface area contributed by atoms with E-state index in [1.54, 1.807) is 27.9 Å².